The fourth-order valence-corrected chi connectivity index (χ4v) is 4.30. The van der Waals surface area contributed by atoms with Gasteiger partial charge in [-0.15, -0.1) is 0 Å². The third-order valence-corrected chi connectivity index (χ3v) is 5.92. The second-order valence-electron chi connectivity index (χ2n) is 8.41. The SMILES string of the molecule is COCC1CCCN1c1cc(Oc2ccc(Nc3cc(-c4ccccc4)nc(N)n3)cc2)ccn1. The van der Waals surface area contributed by atoms with Crippen molar-refractivity contribution in [2.45, 2.75) is 18.9 Å². The summed E-state index contributed by atoms with van der Waals surface area (Å²) in [6, 6.07) is 23.7. The van der Waals surface area contributed by atoms with Crippen LogP contribution in [0.3, 0.4) is 0 Å². The van der Waals surface area contributed by atoms with Crippen LogP contribution in [-0.2, 0) is 4.74 Å². The molecule has 8 nitrogen and oxygen atoms in total. The van der Waals surface area contributed by atoms with Gasteiger partial charge in [0.15, 0.2) is 0 Å². The molecule has 0 spiro atoms. The van der Waals surface area contributed by atoms with Gasteiger partial charge in [0.2, 0.25) is 5.95 Å². The minimum Gasteiger partial charge on any atom is -0.457 e. The molecule has 1 saturated heterocycles. The van der Waals surface area contributed by atoms with Gasteiger partial charge in [0, 0.05) is 43.2 Å². The van der Waals surface area contributed by atoms with Crippen LogP contribution in [0.1, 0.15) is 12.8 Å². The highest BCUT2D eigenvalue weighted by Gasteiger charge is 2.25. The minimum absolute atomic E-state index is 0.216. The Labute approximate surface area is 204 Å². The quantitative estimate of drug-likeness (QED) is 0.361. The van der Waals surface area contributed by atoms with Crippen molar-refractivity contribution >= 4 is 23.3 Å². The molecule has 0 aliphatic carbocycles. The first kappa shape index (κ1) is 22.6. The topological polar surface area (TPSA) is 98.4 Å². The standard InChI is InChI=1S/C27H28N6O2/c1-34-18-21-8-5-15-33(21)26-16-23(13-14-29-26)35-22-11-9-20(10-12-22)30-25-17-24(31-27(28)32-25)19-6-3-2-4-7-19/h2-4,6-7,9-14,16-17,21H,5,8,15,18H2,1H3,(H3,28,30,31,32). The molecule has 1 unspecified atom stereocenters. The number of pyridine rings is 1. The Bertz CT molecular complexity index is 1270. The summed E-state index contributed by atoms with van der Waals surface area (Å²) in [5.74, 6) is 3.23. The Hall–Kier alpha value is -4.17. The summed E-state index contributed by atoms with van der Waals surface area (Å²) in [5, 5.41) is 3.29. The van der Waals surface area contributed by atoms with E-state index < -0.39 is 0 Å². The molecule has 8 heteroatoms. The van der Waals surface area contributed by atoms with E-state index in [0.29, 0.717) is 18.5 Å². The van der Waals surface area contributed by atoms with Crippen molar-refractivity contribution in [3.05, 3.63) is 79.0 Å². The summed E-state index contributed by atoms with van der Waals surface area (Å²) >= 11 is 0. The number of aromatic nitrogens is 3. The Morgan fingerprint density at radius 1 is 1.00 bits per heavy atom. The van der Waals surface area contributed by atoms with Gasteiger partial charge in [-0.3, -0.25) is 0 Å². The number of methoxy groups -OCH3 is 1. The lowest BCUT2D eigenvalue weighted by Gasteiger charge is -2.25. The van der Waals surface area contributed by atoms with E-state index in [1.165, 1.54) is 0 Å². The number of hydrogen-bond acceptors (Lipinski definition) is 8. The van der Waals surface area contributed by atoms with Crippen LogP contribution in [0.2, 0.25) is 0 Å². The van der Waals surface area contributed by atoms with E-state index in [1.807, 2.05) is 72.8 Å². The number of nitrogens with one attached hydrogen (secondary N) is 1. The van der Waals surface area contributed by atoms with Crippen molar-refractivity contribution in [2.24, 2.45) is 0 Å². The van der Waals surface area contributed by atoms with Crippen LogP contribution in [0, 0.1) is 0 Å². The smallest absolute Gasteiger partial charge is 0.222 e. The zero-order valence-electron chi connectivity index (χ0n) is 19.6. The summed E-state index contributed by atoms with van der Waals surface area (Å²) in [5.41, 5.74) is 8.55. The number of anilines is 4. The van der Waals surface area contributed by atoms with Crippen LogP contribution >= 0.6 is 0 Å². The maximum absolute atomic E-state index is 6.10. The molecule has 1 aliphatic rings. The molecule has 4 aromatic rings. The van der Waals surface area contributed by atoms with Gasteiger partial charge >= 0.3 is 0 Å². The average Bonchev–Trinajstić information content (AvgIpc) is 3.34. The van der Waals surface area contributed by atoms with Crippen LogP contribution in [-0.4, -0.2) is 41.3 Å². The molecular weight excluding hydrogens is 440 g/mol. The highest BCUT2D eigenvalue weighted by atomic mass is 16.5. The molecule has 0 radical (unpaired) electrons. The predicted molar refractivity (Wildman–Crippen MR) is 138 cm³/mol. The van der Waals surface area contributed by atoms with Crippen LogP contribution in [0.4, 0.5) is 23.3 Å². The van der Waals surface area contributed by atoms with Crippen molar-refractivity contribution in [2.75, 3.05) is 36.2 Å². The summed E-state index contributed by atoms with van der Waals surface area (Å²) in [4.78, 5) is 15.5. The number of nitrogen functional groups attached to an aromatic ring is 1. The van der Waals surface area contributed by atoms with Gasteiger partial charge in [-0.1, -0.05) is 30.3 Å². The van der Waals surface area contributed by atoms with Crippen molar-refractivity contribution in [1.82, 2.24) is 15.0 Å². The largest absolute Gasteiger partial charge is 0.457 e. The van der Waals surface area contributed by atoms with E-state index in [9.17, 15) is 0 Å². The summed E-state index contributed by atoms with van der Waals surface area (Å²) < 4.78 is 11.5. The van der Waals surface area contributed by atoms with Crippen molar-refractivity contribution in [3.63, 3.8) is 0 Å². The van der Waals surface area contributed by atoms with Crippen LogP contribution < -0.4 is 20.7 Å². The predicted octanol–water partition coefficient (Wildman–Crippen LogP) is 5.27. The van der Waals surface area contributed by atoms with Crippen molar-refractivity contribution in [3.8, 4) is 22.8 Å². The number of benzene rings is 2. The maximum atomic E-state index is 6.10. The number of ether oxygens (including phenoxy) is 2. The van der Waals surface area contributed by atoms with Crippen molar-refractivity contribution < 1.29 is 9.47 Å². The van der Waals surface area contributed by atoms with Gasteiger partial charge < -0.3 is 25.4 Å². The molecule has 2 aromatic heterocycles. The molecule has 2 aromatic carbocycles. The molecule has 5 rings (SSSR count). The number of rotatable bonds is 8. The molecule has 3 N–H and O–H groups in total. The lowest BCUT2D eigenvalue weighted by atomic mass is 10.1. The summed E-state index contributed by atoms with van der Waals surface area (Å²) in [6.45, 7) is 1.68. The van der Waals surface area contributed by atoms with Gasteiger partial charge in [0.1, 0.15) is 23.1 Å². The molecule has 35 heavy (non-hydrogen) atoms. The Balaban J connectivity index is 1.27. The lowest BCUT2D eigenvalue weighted by Crippen LogP contribution is -2.33. The second kappa shape index (κ2) is 10.4. The molecule has 3 heterocycles. The number of nitrogens with two attached hydrogens (primary N) is 1. The zero-order chi connectivity index (χ0) is 24.0. The normalized spacial score (nSPS) is 15.2. The van der Waals surface area contributed by atoms with E-state index in [-0.39, 0.29) is 5.95 Å². The van der Waals surface area contributed by atoms with Crippen LogP contribution in [0.25, 0.3) is 11.3 Å². The van der Waals surface area contributed by atoms with Crippen LogP contribution in [0.5, 0.6) is 11.5 Å². The monoisotopic (exact) mass is 468 g/mol. The Morgan fingerprint density at radius 2 is 1.83 bits per heavy atom. The molecule has 1 atom stereocenters. The average molecular weight is 469 g/mol. The van der Waals surface area contributed by atoms with E-state index in [1.54, 1.807) is 13.3 Å². The first-order chi connectivity index (χ1) is 17.2. The summed E-state index contributed by atoms with van der Waals surface area (Å²) in [7, 11) is 1.74. The van der Waals surface area contributed by atoms with E-state index >= 15 is 0 Å². The maximum Gasteiger partial charge on any atom is 0.222 e. The third-order valence-electron chi connectivity index (χ3n) is 5.92. The molecule has 1 fully saturated rings. The van der Waals surface area contributed by atoms with Gasteiger partial charge in [0.25, 0.3) is 0 Å². The zero-order valence-corrected chi connectivity index (χ0v) is 19.6. The molecule has 0 saturated carbocycles. The third kappa shape index (κ3) is 5.50. The first-order valence-electron chi connectivity index (χ1n) is 11.6. The van der Waals surface area contributed by atoms with E-state index in [2.05, 4.69) is 25.2 Å². The Kier molecular flexibility index (Phi) is 6.72. The molecule has 178 valence electrons. The molecule has 0 bridgehead atoms. The second-order valence-corrected chi connectivity index (χ2v) is 8.41. The lowest BCUT2D eigenvalue weighted by molar-refractivity contribution is 0.180. The minimum atomic E-state index is 0.216. The first-order valence-corrected chi connectivity index (χ1v) is 11.6. The van der Waals surface area contributed by atoms with Gasteiger partial charge in [-0.05, 0) is 43.2 Å². The summed E-state index contributed by atoms with van der Waals surface area (Å²) in [6.07, 6.45) is 4.03. The highest BCUT2D eigenvalue weighted by Crippen LogP contribution is 2.30. The van der Waals surface area contributed by atoms with Gasteiger partial charge in [0.05, 0.1) is 18.3 Å². The molecule has 0 amide bonds. The number of nitrogens with zero attached hydrogens (tertiary/aromatic N) is 4. The van der Waals surface area contributed by atoms with E-state index in [4.69, 9.17) is 15.2 Å². The van der Waals surface area contributed by atoms with Gasteiger partial charge in [-0.25, -0.2) is 9.97 Å². The molecule has 1 aliphatic heterocycles. The van der Waals surface area contributed by atoms with E-state index in [0.717, 1.165) is 53.6 Å². The van der Waals surface area contributed by atoms with Crippen LogP contribution in [0.15, 0.2) is 79.0 Å². The number of hydrogen-bond donors (Lipinski definition) is 2. The highest BCUT2D eigenvalue weighted by molar-refractivity contribution is 5.67. The van der Waals surface area contributed by atoms with Gasteiger partial charge in [-0.2, -0.15) is 4.98 Å². The molecular formula is C27H28N6O2. The fourth-order valence-electron chi connectivity index (χ4n) is 4.30. The Morgan fingerprint density at radius 3 is 2.63 bits per heavy atom. The van der Waals surface area contributed by atoms with Crippen molar-refractivity contribution in [1.29, 1.82) is 0 Å². The fraction of sp³-hybridized carbons (Fsp3) is 0.222.